The summed E-state index contributed by atoms with van der Waals surface area (Å²) >= 11 is 0. The van der Waals surface area contributed by atoms with Crippen molar-refractivity contribution >= 4 is 11.8 Å². The van der Waals surface area contributed by atoms with Crippen LogP contribution >= 0.6 is 0 Å². The molecule has 20 heavy (non-hydrogen) atoms. The van der Waals surface area contributed by atoms with E-state index >= 15 is 0 Å². The van der Waals surface area contributed by atoms with Gasteiger partial charge < -0.3 is 15.3 Å². The highest BCUT2D eigenvalue weighted by molar-refractivity contribution is 5.96. The van der Waals surface area contributed by atoms with Gasteiger partial charge in [-0.2, -0.15) is 0 Å². The summed E-state index contributed by atoms with van der Waals surface area (Å²) in [6.45, 7) is 4.67. The minimum atomic E-state index is -0.519. The van der Waals surface area contributed by atoms with Gasteiger partial charge in [0, 0.05) is 25.7 Å². The zero-order valence-electron chi connectivity index (χ0n) is 12.1. The van der Waals surface area contributed by atoms with E-state index in [9.17, 15) is 14.7 Å². The lowest BCUT2D eigenvalue weighted by molar-refractivity contribution is -0.128. The third kappa shape index (κ3) is 2.48. The van der Waals surface area contributed by atoms with E-state index in [1.54, 1.807) is 31.0 Å². The lowest BCUT2D eigenvalue weighted by atomic mass is 9.89. The van der Waals surface area contributed by atoms with Crippen LogP contribution in [0.1, 0.15) is 29.3 Å². The number of aromatic hydroxyl groups is 1. The number of likely N-dealkylation sites (tertiary alicyclic amines) is 1. The third-order valence-corrected chi connectivity index (χ3v) is 3.98. The van der Waals surface area contributed by atoms with Gasteiger partial charge in [-0.05, 0) is 44.0 Å². The molecule has 0 spiro atoms. The van der Waals surface area contributed by atoms with E-state index < -0.39 is 5.41 Å². The second-order valence-corrected chi connectivity index (χ2v) is 5.62. The molecule has 1 aliphatic rings. The number of rotatable bonds is 2. The van der Waals surface area contributed by atoms with Gasteiger partial charge in [0.15, 0.2) is 0 Å². The molecule has 2 N–H and O–H groups in total. The van der Waals surface area contributed by atoms with E-state index in [2.05, 4.69) is 5.32 Å². The Balaban J connectivity index is 2.18. The fourth-order valence-electron chi connectivity index (χ4n) is 2.68. The van der Waals surface area contributed by atoms with Crippen molar-refractivity contribution < 1.29 is 14.7 Å². The quantitative estimate of drug-likeness (QED) is 0.855. The molecule has 1 heterocycles. The number of amides is 2. The van der Waals surface area contributed by atoms with Gasteiger partial charge in [-0.15, -0.1) is 0 Å². The summed E-state index contributed by atoms with van der Waals surface area (Å²) in [4.78, 5) is 26.1. The van der Waals surface area contributed by atoms with E-state index in [1.807, 2.05) is 6.92 Å². The monoisotopic (exact) mass is 276 g/mol. The highest BCUT2D eigenvalue weighted by atomic mass is 16.3. The number of hydrogen-bond acceptors (Lipinski definition) is 3. The minimum absolute atomic E-state index is 0.0322. The molecule has 1 atom stereocenters. The first-order valence-corrected chi connectivity index (χ1v) is 6.68. The Morgan fingerprint density at radius 2 is 2.10 bits per heavy atom. The highest BCUT2D eigenvalue weighted by Crippen LogP contribution is 2.31. The van der Waals surface area contributed by atoms with Gasteiger partial charge in [0.05, 0.1) is 5.41 Å². The molecule has 1 aromatic carbocycles. The van der Waals surface area contributed by atoms with Gasteiger partial charge >= 0.3 is 0 Å². The average Bonchev–Trinajstić information content (AvgIpc) is 2.81. The summed E-state index contributed by atoms with van der Waals surface area (Å²) in [5, 5.41) is 12.1. The normalized spacial score (nSPS) is 21.9. The van der Waals surface area contributed by atoms with Crippen LogP contribution in [0.2, 0.25) is 0 Å². The Kier molecular flexibility index (Phi) is 3.70. The first-order chi connectivity index (χ1) is 9.37. The molecular formula is C15H20N2O3. The number of nitrogens with zero attached hydrogens (tertiary/aromatic N) is 1. The fraction of sp³-hybridized carbons (Fsp3) is 0.467. The van der Waals surface area contributed by atoms with Gasteiger partial charge in [-0.3, -0.25) is 9.59 Å². The maximum atomic E-state index is 12.5. The average molecular weight is 276 g/mol. The van der Waals surface area contributed by atoms with Crippen molar-refractivity contribution in [1.82, 2.24) is 10.2 Å². The molecule has 0 radical (unpaired) electrons. The Morgan fingerprint density at radius 3 is 2.70 bits per heavy atom. The molecule has 5 nitrogen and oxygen atoms in total. The van der Waals surface area contributed by atoms with Crippen LogP contribution in [-0.2, 0) is 4.79 Å². The topological polar surface area (TPSA) is 69.6 Å². The molecule has 0 saturated carbocycles. The molecule has 1 aliphatic heterocycles. The molecule has 2 rings (SSSR count). The molecule has 0 aromatic heterocycles. The third-order valence-electron chi connectivity index (χ3n) is 3.98. The van der Waals surface area contributed by atoms with Crippen molar-refractivity contribution in [1.29, 1.82) is 0 Å². The Hall–Kier alpha value is -2.04. The van der Waals surface area contributed by atoms with E-state index in [1.165, 1.54) is 6.07 Å². The van der Waals surface area contributed by atoms with Crippen LogP contribution < -0.4 is 5.32 Å². The second-order valence-electron chi connectivity index (χ2n) is 5.62. The maximum Gasteiger partial charge on any atom is 0.254 e. The molecule has 1 unspecified atom stereocenters. The Labute approximate surface area is 118 Å². The number of phenolic OH excluding ortho intramolecular Hbond substituents is 1. The van der Waals surface area contributed by atoms with E-state index in [4.69, 9.17) is 0 Å². The van der Waals surface area contributed by atoms with E-state index in [0.29, 0.717) is 25.1 Å². The summed E-state index contributed by atoms with van der Waals surface area (Å²) in [5.74, 6) is 0.0287. The van der Waals surface area contributed by atoms with Crippen molar-refractivity contribution in [2.75, 3.05) is 20.1 Å². The van der Waals surface area contributed by atoms with E-state index in [0.717, 1.165) is 5.56 Å². The van der Waals surface area contributed by atoms with Crippen LogP contribution in [0.15, 0.2) is 18.2 Å². The molecule has 0 bridgehead atoms. The van der Waals surface area contributed by atoms with Gasteiger partial charge in [0.1, 0.15) is 5.75 Å². The summed E-state index contributed by atoms with van der Waals surface area (Å²) in [6, 6.07) is 4.71. The van der Waals surface area contributed by atoms with Crippen molar-refractivity contribution in [3.8, 4) is 5.75 Å². The summed E-state index contributed by atoms with van der Waals surface area (Å²) in [6.07, 6.45) is 0.662. The molecule has 1 fully saturated rings. The first kappa shape index (κ1) is 14.4. The van der Waals surface area contributed by atoms with Gasteiger partial charge in [0.2, 0.25) is 5.91 Å². The van der Waals surface area contributed by atoms with Crippen LogP contribution in [-0.4, -0.2) is 42.0 Å². The first-order valence-electron chi connectivity index (χ1n) is 6.68. The Bertz CT molecular complexity index is 556. The largest absolute Gasteiger partial charge is 0.508 e. The van der Waals surface area contributed by atoms with E-state index in [-0.39, 0.29) is 17.6 Å². The lowest BCUT2D eigenvalue weighted by Gasteiger charge is -2.23. The molecule has 108 valence electrons. The smallest absolute Gasteiger partial charge is 0.254 e. The second kappa shape index (κ2) is 5.15. The predicted octanol–water partition coefficient (Wildman–Crippen LogP) is 1.30. The molecule has 2 amide bonds. The number of carbonyl (C=O) groups is 2. The molecule has 0 aliphatic carbocycles. The summed E-state index contributed by atoms with van der Waals surface area (Å²) in [7, 11) is 1.61. The molecule has 1 saturated heterocycles. The highest BCUT2D eigenvalue weighted by Gasteiger charge is 2.41. The van der Waals surface area contributed by atoms with Crippen LogP contribution in [0, 0.1) is 12.3 Å². The fourth-order valence-corrected chi connectivity index (χ4v) is 2.68. The van der Waals surface area contributed by atoms with Crippen LogP contribution in [0.5, 0.6) is 5.75 Å². The van der Waals surface area contributed by atoms with Crippen molar-refractivity contribution in [3.05, 3.63) is 29.3 Å². The zero-order valence-corrected chi connectivity index (χ0v) is 12.1. The van der Waals surface area contributed by atoms with Crippen molar-refractivity contribution in [2.45, 2.75) is 20.3 Å². The predicted molar refractivity (Wildman–Crippen MR) is 75.5 cm³/mol. The number of aryl methyl sites for hydroxylation is 1. The zero-order chi connectivity index (χ0) is 14.9. The van der Waals surface area contributed by atoms with Crippen LogP contribution in [0.25, 0.3) is 0 Å². The van der Waals surface area contributed by atoms with Crippen molar-refractivity contribution in [2.24, 2.45) is 5.41 Å². The SMILES string of the molecule is CNC(=O)C1(C)CCN(C(=O)c2ccc(O)cc2C)C1. The van der Waals surface area contributed by atoms with Crippen LogP contribution in [0.3, 0.4) is 0 Å². The van der Waals surface area contributed by atoms with Gasteiger partial charge in [-0.25, -0.2) is 0 Å². The van der Waals surface area contributed by atoms with Crippen molar-refractivity contribution in [3.63, 3.8) is 0 Å². The number of phenols is 1. The van der Waals surface area contributed by atoms with Gasteiger partial charge in [0.25, 0.3) is 5.91 Å². The summed E-state index contributed by atoms with van der Waals surface area (Å²) in [5.41, 5.74) is 0.794. The maximum absolute atomic E-state index is 12.5. The van der Waals surface area contributed by atoms with Crippen LogP contribution in [0.4, 0.5) is 0 Å². The summed E-state index contributed by atoms with van der Waals surface area (Å²) < 4.78 is 0. The number of carbonyl (C=O) groups excluding carboxylic acids is 2. The van der Waals surface area contributed by atoms with Gasteiger partial charge in [-0.1, -0.05) is 0 Å². The molecule has 5 heteroatoms. The number of hydrogen-bond donors (Lipinski definition) is 2. The Morgan fingerprint density at radius 1 is 1.40 bits per heavy atom. The molecular weight excluding hydrogens is 256 g/mol. The number of nitrogens with one attached hydrogen (secondary N) is 1. The lowest BCUT2D eigenvalue weighted by Crippen LogP contribution is -2.40. The standard InChI is InChI=1S/C15H20N2O3/c1-10-8-11(18)4-5-12(10)13(19)17-7-6-15(2,9-17)14(20)16-3/h4-5,8,18H,6-7,9H2,1-3H3,(H,16,20). The number of benzene rings is 1. The molecule has 1 aromatic rings. The minimum Gasteiger partial charge on any atom is -0.508 e.